The van der Waals surface area contributed by atoms with Crippen molar-refractivity contribution in [2.45, 2.75) is 0 Å². The maximum atomic E-state index is 13.8. The second-order valence-electron chi connectivity index (χ2n) is 6.18. The van der Waals surface area contributed by atoms with E-state index in [2.05, 4.69) is 26.3 Å². The van der Waals surface area contributed by atoms with Crippen LogP contribution in [0.5, 0.6) is 5.75 Å². The van der Waals surface area contributed by atoms with Gasteiger partial charge in [-0.15, -0.1) is 0 Å². The third kappa shape index (κ3) is 5.99. The van der Waals surface area contributed by atoms with E-state index < -0.39 is 23.6 Å². The molecule has 0 bridgehead atoms. The van der Waals surface area contributed by atoms with Crippen molar-refractivity contribution in [1.29, 1.82) is 0 Å². The van der Waals surface area contributed by atoms with E-state index in [1.165, 1.54) is 30.5 Å². The van der Waals surface area contributed by atoms with Crippen molar-refractivity contribution >= 4 is 57.2 Å². The summed E-state index contributed by atoms with van der Waals surface area (Å²) in [5.74, 6) is -3.44. The molecule has 0 aliphatic carbocycles. The first-order chi connectivity index (χ1) is 15.3. The summed E-state index contributed by atoms with van der Waals surface area (Å²) in [6.07, 6.45) is 1.20. The van der Waals surface area contributed by atoms with E-state index in [0.717, 1.165) is 6.07 Å². The van der Waals surface area contributed by atoms with Gasteiger partial charge in [0.1, 0.15) is 11.6 Å². The molecule has 0 saturated heterocycles. The minimum atomic E-state index is -1.12. The highest BCUT2D eigenvalue weighted by atomic mass is 79.9. The van der Waals surface area contributed by atoms with Crippen molar-refractivity contribution in [3.63, 3.8) is 0 Å². The van der Waals surface area contributed by atoms with Crippen LogP contribution in [0.25, 0.3) is 0 Å². The van der Waals surface area contributed by atoms with E-state index in [4.69, 9.17) is 16.3 Å². The first-order valence-corrected chi connectivity index (χ1v) is 10.2. The lowest BCUT2D eigenvalue weighted by Gasteiger charge is -2.08. The molecule has 3 rings (SSSR count). The molecule has 0 unspecified atom stereocenters. The summed E-state index contributed by atoms with van der Waals surface area (Å²) in [7, 11) is 0. The first-order valence-electron chi connectivity index (χ1n) is 9.00. The van der Waals surface area contributed by atoms with Gasteiger partial charge in [0, 0.05) is 10.0 Å². The number of hydrazone groups is 1. The molecule has 7 nitrogen and oxygen atoms in total. The van der Waals surface area contributed by atoms with Gasteiger partial charge in [0.15, 0.2) is 0 Å². The Balaban J connectivity index is 1.64. The molecule has 162 valence electrons. The summed E-state index contributed by atoms with van der Waals surface area (Å²) in [6.45, 7) is 0. The fourth-order valence-corrected chi connectivity index (χ4v) is 2.99. The van der Waals surface area contributed by atoms with Crippen LogP contribution in [0.2, 0.25) is 5.02 Å². The molecular formula is C22H14BrClFN3O4. The summed E-state index contributed by atoms with van der Waals surface area (Å²) >= 11 is 9.11. The van der Waals surface area contributed by atoms with Crippen molar-refractivity contribution < 1.29 is 23.5 Å². The Labute approximate surface area is 195 Å². The van der Waals surface area contributed by atoms with Gasteiger partial charge in [-0.2, -0.15) is 5.10 Å². The van der Waals surface area contributed by atoms with Gasteiger partial charge in [-0.05, 0) is 42.5 Å². The van der Waals surface area contributed by atoms with Crippen LogP contribution < -0.4 is 15.5 Å². The average molecular weight is 519 g/mol. The van der Waals surface area contributed by atoms with Gasteiger partial charge in [0.05, 0.1) is 22.5 Å². The largest absolute Gasteiger partial charge is 0.422 e. The molecule has 0 spiro atoms. The third-order valence-electron chi connectivity index (χ3n) is 3.97. The van der Waals surface area contributed by atoms with Gasteiger partial charge >= 0.3 is 17.8 Å². The van der Waals surface area contributed by atoms with Crippen LogP contribution >= 0.6 is 27.5 Å². The predicted octanol–water partition coefficient (Wildman–Crippen LogP) is 4.55. The third-order valence-corrected chi connectivity index (χ3v) is 4.79. The van der Waals surface area contributed by atoms with E-state index in [1.54, 1.807) is 36.4 Å². The van der Waals surface area contributed by atoms with Crippen molar-refractivity contribution in [3.8, 4) is 5.75 Å². The zero-order chi connectivity index (χ0) is 23.1. The van der Waals surface area contributed by atoms with E-state index in [0.29, 0.717) is 10.0 Å². The Morgan fingerprint density at radius 2 is 1.72 bits per heavy atom. The first kappa shape index (κ1) is 23.1. The van der Waals surface area contributed by atoms with Gasteiger partial charge < -0.3 is 10.1 Å². The van der Waals surface area contributed by atoms with Crippen molar-refractivity contribution in [2.24, 2.45) is 5.10 Å². The van der Waals surface area contributed by atoms with Gasteiger partial charge in [0.2, 0.25) is 0 Å². The molecule has 0 atom stereocenters. The number of nitrogens with zero attached hydrogens (tertiary/aromatic N) is 1. The molecule has 32 heavy (non-hydrogen) atoms. The number of ether oxygens (including phenoxy) is 1. The van der Waals surface area contributed by atoms with Crippen LogP contribution in [0.1, 0.15) is 15.9 Å². The molecule has 0 heterocycles. The number of hydrogen-bond acceptors (Lipinski definition) is 5. The zero-order valence-corrected chi connectivity index (χ0v) is 18.5. The number of anilines is 1. The van der Waals surface area contributed by atoms with Crippen molar-refractivity contribution in [2.75, 3.05) is 5.32 Å². The maximum absolute atomic E-state index is 13.8. The smallest absolute Gasteiger partial charge is 0.345 e. The lowest BCUT2D eigenvalue weighted by atomic mass is 10.2. The number of para-hydroxylation sites is 1. The number of hydrogen-bond donors (Lipinski definition) is 2. The zero-order valence-electron chi connectivity index (χ0n) is 16.1. The molecule has 2 N–H and O–H groups in total. The monoisotopic (exact) mass is 517 g/mol. The Bertz CT molecular complexity index is 1220. The highest BCUT2D eigenvalue weighted by Crippen LogP contribution is 2.21. The number of esters is 1. The van der Waals surface area contributed by atoms with Gasteiger partial charge in [-0.1, -0.05) is 51.8 Å². The van der Waals surface area contributed by atoms with Gasteiger partial charge in [0.25, 0.3) is 0 Å². The number of nitrogens with one attached hydrogen (secondary N) is 2. The highest BCUT2D eigenvalue weighted by Gasteiger charge is 2.16. The lowest BCUT2D eigenvalue weighted by molar-refractivity contribution is -0.136. The summed E-state index contributed by atoms with van der Waals surface area (Å²) < 4.78 is 19.6. The maximum Gasteiger partial charge on any atom is 0.345 e. The quantitative estimate of drug-likeness (QED) is 0.170. The van der Waals surface area contributed by atoms with Crippen molar-refractivity contribution in [3.05, 3.63) is 93.2 Å². The molecule has 10 heteroatoms. The van der Waals surface area contributed by atoms with Gasteiger partial charge in [-0.25, -0.2) is 14.6 Å². The molecule has 0 aliphatic heterocycles. The van der Waals surface area contributed by atoms with Crippen LogP contribution in [0.15, 0.2) is 76.3 Å². The predicted molar refractivity (Wildman–Crippen MR) is 121 cm³/mol. The summed E-state index contributed by atoms with van der Waals surface area (Å²) in [6, 6.07) is 16.8. The Kier molecular flexibility index (Phi) is 7.69. The molecule has 0 aliphatic rings. The number of halogens is 3. The van der Waals surface area contributed by atoms with E-state index >= 15 is 0 Å². The second-order valence-corrected chi connectivity index (χ2v) is 7.51. The van der Waals surface area contributed by atoms with Crippen LogP contribution in [0, 0.1) is 5.82 Å². The Hall–Kier alpha value is -3.56. The summed E-state index contributed by atoms with van der Waals surface area (Å²) in [5, 5.41) is 6.08. The number of amides is 2. The molecular weight excluding hydrogens is 505 g/mol. The van der Waals surface area contributed by atoms with E-state index in [1.807, 2.05) is 5.43 Å². The van der Waals surface area contributed by atoms with Crippen LogP contribution in [-0.4, -0.2) is 24.0 Å². The number of rotatable bonds is 5. The van der Waals surface area contributed by atoms with E-state index in [9.17, 15) is 18.8 Å². The molecule has 3 aromatic rings. The van der Waals surface area contributed by atoms with Gasteiger partial charge in [-0.3, -0.25) is 9.59 Å². The number of carbonyl (C=O) groups excluding carboxylic acids is 3. The Morgan fingerprint density at radius 3 is 2.47 bits per heavy atom. The fraction of sp³-hybridized carbons (Fsp3) is 0. The Morgan fingerprint density at radius 1 is 1.00 bits per heavy atom. The minimum Gasteiger partial charge on any atom is -0.422 e. The van der Waals surface area contributed by atoms with Crippen LogP contribution in [0.4, 0.5) is 10.1 Å². The molecule has 0 saturated carbocycles. The number of benzene rings is 3. The second kappa shape index (κ2) is 10.7. The number of carbonyl (C=O) groups is 3. The molecule has 0 radical (unpaired) electrons. The molecule has 0 fully saturated rings. The fourth-order valence-electron chi connectivity index (χ4n) is 2.44. The average Bonchev–Trinajstić information content (AvgIpc) is 2.77. The lowest BCUT2D eigenvalue weighted by Crippen LogP contribution is -2.32. The minimum absolute atomic E-state index is 0.158. The van der Waals surface area contributed by atoms with Crippen molar-refractivity contribution in [1.82, 2.24) is 5.43 Å². The molecule has 0 aromatic heterocycles. The normalized spacial score (nSPS) is 10.6. The van der Waals surface area contributed by atoms with E-state index in [-0.39, 0.29) is 22.0 Å². The molecule has 2 amide bonds. The highest BCUT2D eigenvalue weighted by molar-refractivity contribution is 9.10. The summed E-state index contributed by atoms with van der Waals surface area (Å²) in [4.78, 5) is 36.2. The SMILES string of the molecule is O=C(NN=Cc1ccccc1OC(=O)c1ccccc1Cl)C(=O)Nc1ccc(Br)cc1F. The molecule has 3 aromatic carbocycles. The topological polar surface area (TPSA) is 96.9 Å². The summed E-state index contributed by atoms with van der Waals surface area (Å²) in [5.41, 5.74) is 2.41. The van der Waals surface area contributed by atoms with Crippen LogP contribution in [-0.2, 0) is 9.59 Å². The van der Waals surface area contributed by atoms with Crippen LogP contribution in [0.3, 0.4) is 0 Å². The standard InChI is InChI=1S/C22H14BrClFN3O4/c23-14-9-10-18(17(25)11-14)27-20(29)21(30)28-26-12-13-5-1-4-8-19(13)32-22(31)15-6-2-3-7-16(15)24/h1-12H,(H,27,29)(H,28,30).